The topological polar surface area (TPSA) is 270 Å². The second-order valence-corrected chi connectivity index (χ2v) is 29.4. The molecule has 12 amide bonds. The average molecular weight is 1400 g/mol. The maximum absolute atomic E-state index is 15.4. The Labute approximate surface area is 581 Å². The first-order chi connectivity index (χ1) is 46.0. The monoisotopic (exact) mass is 1400 g/mol. The third-order valence-electron chi connectivity index (χ3n) is 20.9. The molecule has 24 nitrogen and oxygen atoms in total. The summed E-state index contributed by atoms with van der Waals surface area (Å²) in [7, 11) is 9.85. The van der Waals surface area contributed by atoms with Crippen LogP contribution in [0, 0.1) is 23.7 Å². The minimum atomic E-state index is -4.76. The second kappa shape index (κ2) is 35.3. The molecular formula is C70H108ClF3N12O12. The van der Waals surface area contributed by atoms with Crippen LogP contribution in [0.2, 0.25) is 5.02 Å². The Morgan fingerprint density at radius 2 is 1.23 bits per heavy atom. The molecule has 1 spiro atoms. The first kappa shape index (κ1) is 79.9. The van der Waals surface area contributed by atoms with Gasteiger partial charge in [0.15, 0.2) is 0 Å². The third-order valence-corrected chi connectivity index (χ3v) is 21.2. The predicted octanol–water partition coefficient (Wildman–Crippen LogP) is 5.50. The summed E-state index contributed by atoms with van der Waals surface area (Å²) in [5, 5.41) is 8.09. The van der Waals surface area contributed by atoms with Crippen molar-refractivity contribution in [3.8, 4) is 0 Å². The quantitative estimate of drug-likeness (QED) is 0.248. The highest BCUT2D eigenvalue weighted by Crippen LogP contribution is 2.37. The number of benzene rings is 1. The van der Waals surface area contributed by atoms with E-state index in [1.54, 1.807) is 25.7 Å². The fourth-order valence-corrected chi connectivity index (χ4v) is 14.9. The van der Waals surface area contributed by atoms with Crippen LogP contribution in [0.3, 0.4) is 0 Å². The Morgan fingerprint density at radius 3 is 1.83 bits per heavy atom. The van der Waals surface area contributed by atoms with Crippen molar-refractivity contribution in [2.45, 2.75) is 224 Å². The number of rotatable bonds is 11. The molecule has 1 aromatic carbocycles. The van der Waals surface area contributed by atoms with Crippen molar-refractivity contribution in [3.63, 3.8) is 0 Å². The number of likely N-dealkylation sites (tertiary alicyclic amines) is 1. The fraction of sp³-hybridized carbons (Fsp3) is 0.743. The molecule has 2 saturated carbocycles. The average Bonchev–Trinajstić information content (AvgIpc) is 1.30. The number of fused-ring (bicyclic) bond motifs is 1. The summed E-state index contributed by atoms with van der Waals surface area (Å²) in [5.41, 5.74) is -2.36. The van der Waals surface area contributed by atoms with E-state index in [9.17, 15) is 56.3 Å². The Bertz CT molecular complexity index is 3050. The largest absolute Gasteiger partial charge is 0.417 e. The van der Waals surface area contributed by atoms with E-state index in [2.05, 4.69) is 16.0 Å². The van der Waals surface area contributed by atoms with Gasteiger partial charge in [0.25, 0.3) is 0 Å². The molecule has 5 aliphatic rings. The van der Waals surface area contributed by atoms with E-state index in [-0.39, 0.29) is 63.3 Å². The van der Waals surface area contributed by atoms with Gasteiger partial charge in [0.05, 0.1) is 36.6 Å². The SMILES string of the molecule is CC[C@H](C)[C@@H]1NC(=O)[C@H](CC(C)C)N(C)C(=O)C[C@@H](C(=O)N2CCCCC2)N(C)C(=O)[C@H](C(C)C)N(C)C(=O)C2(CCCC2)NC(=O)C2CCCN2C(=O)[C@H](CCc2ccc(C(F)(F)F)c(Cl)c2)NC(=O)CN(C)C(=O)[C@H](CC2CCCCC2)N(C)C(=O)CN(C)C(=O)CN(C)C1=O. The number of halogens is 4. The summed E-state index contributed by atoms with van der Waals surface area (Å²) < 4.78 is 41.5. The normalized spacial score (nSPS) is 26.2. The second-order valence-electron chi connectivity index (χ2n) is 29.0. The minimum Gasteiger partial charge on any atom is -0.343 e. The van der Waals surface area contributed by atoms with Gasteiger partial charge in [-0.1, -0.05) is 111 Å². The number of piperidine rings is 1. The number of likely N-dealkylation sites (N-methyl/N-ethyl adjacent to an activating group) is 7. The number of carbonyl (C=O) groups excluding carboxylic acids is 12. The van der Waals surface area contributed by atoms with Gasteiger partial charge < -0.3 is 60.0 Å². The zero-order valence-corrected chi connectivity index (χ0v) is 60.7. The van der Waals surface area contributed by atoms with Gasteiger partial charge >= 0.3 is 6.18 Å². The number of aryl methyl sites for hydroxylation is 1. The first-order valence-electron chi connectivity index (χ1n) is 35.2. The molecule has 5 fully saturated rings. The molecule has 0 radical (unpaired) electrons. The molecule has 3 saturated heterocycles. The molecule has 3 N–H and O–H groups in total. The van der Waals surface area contributed by atoms with E-state index in [0.717, 1.165) is 65.4 Å². The number of hydrogen-bond donors (Lipinski definition) is 3. The number of hydrogen-bond acceptors (Lipinski definition) is 12. The number of nitrogens with one attached hydrogen (secondary N) is 3. The molecule has 1 aromatic rings. The first-order valence-corrected chi connectivity index (χ1v) is 35.6. The van der Waals surface area contributed by atoms with Crippen LogP contribution < -0.4 is 16.0 Å². The molecule has 0 bridgehead atoms. The van der Waals surface area contributed by atoms with Gasteiger partial charge in [0.2, 0.25) is 70.9 Å². The van der Waals surface area contributed by atoms with Gasteiger partial charge in [-0.05, 0) is 112 Å². The highest BCUT2D eigenvalue weighted by Gasteiger charge is 2.51. The maximum atomic E-state index is 15.4. The van der Waals surface area contributed by atoms with Crippen molar-refractivity contribution in [3.05, 3.63) is 34.3 Å². The molecule has 28 heteroatoms. The highest BCUT2D eigenvalue weighted by molar-refractivity contribution is 6.31. The molecule has 8 atom stereocenters. The number of amides is 12. The fourth-order valence-electron chi connectivity index (χ4n) is 14.6. The van der Waals surface area contributed by atoms with E-state index in [4.69, 9.17) is 11.6 Å². The van der Waals surface area contributed by atoms with E-state index in [0.29, 0.717) is 57.2 Å². The van der Waals surface area contributed by atoms with Gasteiger partial charge in [-0.25, -0.2) is 0 Å². The van der Waals surface area contributed by atoms with Crippen LogP contribution in [0.1, 0.15) is 175 Å². The van der Waals surface area contributed by atoms with Gasteiger partial charge in [0, 0.05) is 69.0 Å². The Kier molecular flexibility index (Phi) is 28.8. The van der Waals surface area contributed by atoms with Crippen molar-refractivity contribution in [1.82, 2.24) is 60.0 Å². The molecule has 6 rings (SSSR count). The van der Waals surface area contributed by atoms with Crippen molar-refractivity contribution < 1.29 is 70.7 Å². The zero-order valence-electron chi connectivity index (χ0n) is 59.9. The summed E-state index contributed by atoms with van der Waals surface area (Å²) in [6, 6.07) is -5.66. The summed E-state index contributed by atoms with van der Waals surface area (Å²) in [4.78, 5) is 189. The van der Waals surface area contributed by atoms with Crippen molar-refractivity contribution in [2.24, 2.45) is 23.7 Å². The van der Waals surface area contributed by atoms with Gasteiger partial charge in [-0.2, -0.15) is 13.2 Å². The van der Waals surface area contributed by atoms with E-state index in [1.165, 1.54) is 79.9 Å². The van der Waals surface area contributed by atoms with Crippen molar-refractivity contribution in [1.29, 1.82) is 0 Å². The van der Waals surface area contributed by atoms with Crippen LogP contribution in [-0.4, -0.2) is 251 Å². The molecule has 3 heterocycles. The summed E-state index contributed by atoms with van der Waals surface area (Å²) >= 11 is 6.14. The lowest BCUT2D eigenvalue weighted by molar-refractivity contribution is -0.156. The van der Waals surface area contributed by atoms with Gasteiger partial charge in [0.1, 0.15) is 47.8 Å². The molecule has 3 aliphatic heterocycles. The molecular weight excluding hydrogens is 1290 g/mol. The van der Waals surface area contributed by atoms with Crippen LogP contribution in [0.5, 0.6) is 0 Å². The maximum Gasteiger partial charge on any atom is 0.417 e. The molecule has 1 unspecified atom stereocenters. The number of alkyl halides is 3. The van der Waals surface area contributed by atoms with E-state index < -0.39 is 173 Å². The lowest BCUT2D eigenvalue weighted by atomic mass is 9.84. The lowest BCUT2D eigenvalue weighted by Crippen LogP contribution is -2.65. The van der Waals surface area contributed by atoms with Crippen LogP contribution in [-0.2, 0) is 70.1 Å². The smallest absolute Gasteiger partial charge is 0.343 e. The van der Waals surface area contributed by atoms with Gasteiger partial charge in [-0.3, -0.25) is 57.5 Å². The number of nitrogens with zero attached hydrogens (tertiary/aromatic N) is 9. The minimum absolute atomic E-state index is 0.0185. The van der Waals surface area contributed by atoms with E-state index >= 15 is 14.4 Å². The Morgan fingerprint density at radius 1 is 0.633 bits per heavy atom. The summed E-state index contributed by atoms with van der Waals surface area (Å²) in [6.45, 7) is 9.84. The third kappa shape index (κ3) is 20.1. The molecule has 548 valence electrons. The highest BCUT2D eigenvalue weighted by atomic mass is 35.5. The Balaban J connectivity index is 1.42. The standard InChI is InChI=1S/C70H108ClF3N12O12/c1-14-45(6)59-66(96)80(9)41-57(89)78(7)42-58(90)82(11)53(38-46-24-17-15-18-25-46)64(94)79(8)40-55(87)75-50(30-28-47-27-29-48(49(71)37-47)70(72,73)74)63(93)86-35-23-26-51(86)62(92)77-69(31-19-20-32-69)68(98)84(13)60(44(4)5)67(97)83(12)54(65(95)85-33-21-16-22-34-85)39-56(88)81(10)52(36-43(2)3)61(91)76-59/h27,29,37,43-46,50-54,59-60H,14-26,28,30-36,38-42H2,1-13H3,(H,75,87)(H,76,91)(H,77,92)/t45-,50-,51?,52-,53-,54-,59-,60-/m0/s1. The lowest BCUT2D eigenvalue weighted by Gasteiger charge is -2.42. The summed E-state index contributed by atoms with van der Waals surface area (Å²) in [6.07, 6.45) is 3.47. The number of carbonyl (C=O) groups is 12. The van der Waals surface area contributed by atoms with E-state index in [1.807, 2.05) is 20.8 Å². The van der Waals surface area contributed by atoms with Crippen LogP contribution >= 0.6 is 11.6 Å². The van der Waals surface area contributed by atoms with Crippen LogP contribution in [0.4, 0.5) is 13.2 Å². The molecule has 0 aromatic heterocycles. The van der Waals surface area contributed by atoms with Crippen LogP contribution in [0.15, 0.2) is 18.2 Å². The molecule has 2 aliphatic carbocycles. The zero-order chi connectivity index (χ0) is 72.8. The summed E-state index contributed by atoms with van der Waals surface area (Å²) in [5.74, 6) is -9.14. The van der Waals surface area contributed by atoms with Crippen molar-refractivity contribution in [2.75, 3.05) is 88.6 Å². The molecule has 98 heavy (non-hydrogen) atoms. The predicted molar refractivity (Wildman–Crippen MR) is 362 cm³/mol. The Hall–Kier alpha value is -7.06. The van der Waals surface area contributed by atoms with Gasteiger partial charge in [-0.15, -0.1) is 0 Å². The van der Waals surface area contributed by atoms with Crippen LogP contribution in [0.25, 0.3) is 0 Å². The van der Waals surface area contributed by atoms with Crippen molar-refractivity contribution >= 4 is 82.5 Å².